The smallest absolute Gasteiger partial charge is 0.341 e. The van der Waals surface area contributed by atoms with E-state index in [1.807, 2.05) is 13.0 Å². The molecule has 0 saturated carbocycles. The average Bonchev–Trinajstić information content (AvgIpc) is 2.06. The largest absolute Gasteiger partial charge is 0.464 e. The lowest BCUT2D eigenvalue weighted by Gasteiger charge is -2.20. The van der Waals surface area contributed by atoms with Crippen molar-refractivity contribution in [1.82, 2.24) is 5.48 Å². The fourth-order valence-electron chi connectivity index (χ4n) is 0.878. The third kappa shape index (κ3) is 2.32. The molecule has 0 aromatic rings. The van der Waals surface area contributed by atoms with Crippen molar-refractivity contribution < 1.29 is 14.4 Å². The third-order valence-electron chi connectivity index (χ3n) is 1.47. The van der Waals surface area contributed by atoms with E-state index in [1.54, 1.807) is 13.0 Å². The second-order valence-electron chi connectivity index (χ2n) is 2.58. The normalized spacial score (nSPS) is 28.5. The van der Waals surface area contributed by atoms with Crippen LogP contribution in [0.25, 0.3) is 0 Å². The van der Waals surface area contributed by atoms with Gasteiger partial charge in [0.25, 0.3) is 0 Å². The van der Waals surface area contributed by atoms with Gasteiger partial charge in [-0.25, -0.2) is 4.79 Å². The molecule has 0 spiro atoms. The summed E-state index contributed by atoms with van der Waals surface area (Å²) in [5.74, 6) is -0.354. The van der Waals surface area contributed by atoms with Gasteiger partial charge in [-0.3, -0.25) is 4.84 Å². The van der Waals surface area contributed by atoms with Gasteiger partial charge in [0.1, 0.15) is 0 Å². The molecule has 1 N–H and O–H groups in total. The zero-order valence-electron chi connectivity index (χ0n) is 7.24. The summed E-state index contributed by atoms with van der Waals surface area (Å²) in [6.45, 7) is 4.07. The van der Waals surface area contributed by atoms with E-state index in [1.165, 1.54) is 0 Å². The van der Waals surface area contributed by atoms with E-state index < -0.39 is 6.10 Å². The van der Waals surface area contributed by atoms with Crippen LogP contribution in [0.1, 0.15) is 13.8 Å². The molecule has 4 nitrogen and oxygen atoms in total. The minimum atomic E-state index is -0.596. The van der Waals surface area contributed by atoms with Crippen molar-refractivity contribution in [2.45, 2.75) is 26.0 Å². The molecular formula is C8H13NO3. The van der Waals surface area contributed by atoms with Gasteiger partial charge < -0.3 is 4.74 Å². The summed E-state index contributed by atoms with van der Waals surface area (Å²) < 4.78 is 4.76. The van der Waals surface area contributed by atoms with Crippen molar-refractivity contribution in [2.24, 2.45) is 0 Å². The molecule has 1 aliphatic heterocycles. The van der Waals surface area contributed by atoms with Crippen molar-refractivity contribution in [2.75, 3.05) is 6.61 Å². The van der Waals surface area contributed by atoms with E-state index >= 15 is 0 Å². The molecule has 0 unspecified atom stereocenters. The summed E-state index contributed by atoms with van der Waals surface area (Å²) in [6.07, 6.45) is 2.96. The Morgan fingerprint density at radius 1 is 1.67 bits per heavy atom. The molecule has 4 heteroatoms. The molecule has 12 heavy (non-hydrogen) atoms. The van der Waals surface area contributed by atoms with Crippen LogP contribution in [0.3, 0.4) is 0 Å². The highest BCUT2D eigenvalue weighted by Gasteiger charge is 2.21. The van der Waals surface area contributed by atoms with Crippen LogP contribution in [0.5, 0.6) is 0 Å². The van der Waals surface area contributed by atoms with Crippen LogP contribution in [0.15, 0.2) is 12.2 Å². The number of hydroxylamine groups is 1. The van der Waals surface area contributed by atoms with Crippen LogP contribution in [0, 0.1) is 0 Å². The van der Waals surface area contributed by atoms with Gasteiger partial charge in [-0.1, -0.05) is 6.08 Å². The quantitative estimate of drug-likeness (QED) is 0.482. The summed E-state index contributed by atoms with van der Waals surface area (Å²) in [5, 5.41) is 0. The van der Waals surface area contributed by atoms with E-state index in [0.29, 0.717) is 6.61 Å². The van der Waals surface area contributed by atoms with Crippen molar-refractivity contribution in [3.8, 4) is 0 Å². The maximum Gasteiger partial charge on any atom is 0.341 e. The van der Waals surface area contributed by atoms with E-state index in [-0.39, 0.29) is 12.0 Å². The number of rotatable bonds is 2. The highest BCUT2D eigenvalue weighted by Crippen LogP contribution is 2.03. The molecular weight excluding hydrogens is 158 g/mol. The molecule has 0 bridgehead atoms. The molecule has 0 saturated heterocycles. The summed E-state index contributed by atoms with van der Waals surface area (Å²) in [7, 11) is 0. The monoisotopic (exact) mass is 171 g/mol. The third-order valence-corrected chi connectivity index (χ3v) is 1.47. The van der Waals surface area contributed by atoms with Gasteiger partial charge in [0, 0.05) is 6.04 Å². The van der Waals surface area contributed by atoms with Crippen LogP contribution in [0.2, 0.25) is 0 Å². The Bertz CT molecular complexity index is 191. The zero-order valence-corrected chi connectivity index (χ0v) is 7.24. The number of carbonyl (C=O) groups excluding carboxylic acids is 1. The van der Waals surface area contributed by atoms with E-state index in [9.17, 15) is 4.79 Å². The Morgan fingerprint density at radius 2 is 2.42 bits per heavy atom. The summed E-state index contributed by atoms with van der Waals surface area (Å²) in [6, 6.07) is 0.149. The van der Waals surface area contributed by atoms with Gasteiger partial charge in [0.05, 0.1) is 6.61 Å². The second-order valence-corrected chi connectivity index (χ2v) is 2.58. The number of esters is 1. The maximum absolute atomic E-state index is 11.1. The Hall–Kier alpha value is -0.870. The first-order valence-electron chi connectivity index (χ1n) is 4.00. The Morgan fingerprint density at radius 3 is 2.92 bits per heavy atom. The molecule has 0 fully saturated rings. The first-order chi connectivity index (χ1) is 5.74. The van der Waals surface area contributed by atoms with E-state index in [2.05, 4.69) is 5.48 Å². The predicted octanol–water partition coefficient (Wildman–Crippen LogP) is 0.398. The Balaban J connectivity index is 2.43. The van der Waals surface area contributed by atoms with Crippen LogP contribution in [-0.4, -0.2) is 24.7 Å². The van der Waals surface area contributed by atoms with Crippen LogP contribution < -0.4 is 5.48 Å². The lowest BCUT2D eigenvalue weighted by molar-refractivity contribution is -0.159. The van der Waals surface area contributed by atoms with Crippen molar-refractivity contribution in [1.29, 1.82) is 0 Å². The predicted molar refractivity (Wildman–Crippen MR) is 43.2 cm³/mol. The van der Waals surface area contributed by atoms with Gasteiger partial charge >= 0.3 is 5.97 Å². The molecule has 0 aromatic carbocycles. The van der Waals surface area contributed by atoms with Crippen LogP contribution >= 0.6 is 0 Å². The number of nitrogens with one attached hydrogen (secondary N) is 1. The number of carbonyl (C=O) groups is 1. The summed E-state index contributed by atoms with van der Waals surface area (Å²) in [5.41, 5.74) is 2.68. The molecule has 1 rings (SSSR count). The lowest BCUT2D eigenvalue weighted by atomic mass is 10.2. The highest BCUT2D eigenvalue weighted by molar-refractivity contribution is 5.77. The molecule has 0 aromatic heterocycles. The van der Waals surface area contributed by atoms with Gasteiger partial charge in [0.15, 0.2) is 6.10 Å². The maximum atomic E-state index is 11.1. The van der Waals surface area contributed by atoms with E-state index in [0.717, 1.165) is 0 Å². The Labute approximate surface area is 71.5 Å². The van der Waals surface area contributed by atoms with Gasteiger partial charge in [-0.15, -0.1) is 0 Å². The van der Waals surface area contributed by atoms with Gasteiger partial charge in [-0.05, 0) is 19.9 Å². The standard InChI is InChI=1S/C8H13NO3/c1-3-11-8(10)7-5-4-6(2)9-12-7/h4-7,9H,3H2,1-2H3/t6-,7-/m0/s1. The SMILES string of the molecule is CCOC(=O)[C@@H]1C=C[C@H](C)NO1. The van der Waals surface area contributed by atoms with Crippen LogP contribution in [-0.2, 0) is 14.4 Å². The fraction of sp³-hybridized carbons (Fsp3) is 0.625. The molecule has 0 aliphatic carbocycles. The molecule has 68 valence electrons. The summed E-state index contributed by atoms with van der Waals surface area (Å²) >= 11 is 0. The molecule has 0 amide bonds. The molecule has 1 heterocycles. The van der Waals surface area contributed by atoms with Crippen LogP contribution in [0.4, 0.5) is 0 Å². The molecule has 0 radical (unpaired) electrons. The number of ether oxygens (including phenoxy) is 1. The van der Waals surface area contributed by atoms with Crippen molar-refractivity contribution in [3.63, 3.8) is 0 Å². The zero-order chi connectivity index (χ0) is 8.97. The molecule has 2 atom stereocenters. The number of hydrogen-bond donors (Lipinski definition) is 1. The highest BCUT2D eigenvalue weighted by atomic mass is 16.7. The minimum Gasteiger partial charge on any atom is -0.464 e. The Kier molecular flexibility index (Phi) is 3.25. The second kappa shape index (κ2) is 4.23. The first-order valence-corrected chi connectivity index (χ1v) is 4.00. The first kappa shape index (κ1) is 9.22. The van der Waals surface area contributed by atoms with Gasteiger partial charge in [-0.2, -0.15) is 5.48 Å². The summed E-state index contributed by atoms with van der Waals surface area (Å²) in [4.78, 5) is 16.1. The van der Waals surface area contributed by atoms with Crippen molar-refractivity contribution >= 4 is 5.97 Å². The lowest BCUT2D eigenvalue weighted by Crippen LogP contribution is -2.38. The van der Waals surface area contributed by atoms with Crippen molar-refractivity contribution in [3.05, 3.63) is 12.2 Å². The minimum absolute atomic E-state index is 0.149. The van der Waals surface area contributed by atoms with E-state index in [4.69, 9.17) is 9.57 Å². The fourth-order valence-corrected chi connectivity index (χ4v) is 0.878. The average molecular weight is 171 g/mol. The molecule has 1 aliphatic rings. The van der Waals surface area contributed by atoms with Gasteiger partial charge in [0.2, 0.25) is 0 Å². The topological polar surface area (TPSA) is 47.6 Å². The number of hydrogen-bond acceptors (Lipinski definition) is 4.